The second-order valence-corrected chi connectivity index (χ2v) is 5.34. The highest BCUT2D eigenvalue weighted by molar-refractivity contribution is 6.45. The highest BCUT2D eigenvalue weighted by atomic mass is 16.2. The Balaban J connectivity index is 1.76. The van der Waals surface area contributed by atoms with Crippen LogP contribution in [0.4, 0.5) is 4.79 Å². The van der Waals surface area contributed by atoms with Gasteiger partial charge in [0.25, 0.3) is 0 Å². The summed E-state index contributed by atoms with van der Waals surface area (Å²) >= 11 is 0. The molecule has 1 fully saturated rings. The Bertz CT molecular complexity index is 802. The number of hydrogen-bond donors (Lipinski definition) is 0. The predicted octanol–water partition coefficient (Wildman–Crippen LogP) is 1.86. The van der Waals surface area contributed by atoms with Crippen LogP contribution < -0.4 is 0 Å². The van der Waals surface area contributed by atoms with Crippen molar-refractivity contribution < 1.29 is 19.2 Å². The summed E-state index contributed by atoms with van der Waals surface area (Å²) in [6, 6.07) is 16.4. The second kappa shape index (κ2) is 6.45. The van der Waals surface area contributed by atoms with Gasteiger partial charge in [-0.25, -0.2) is 9.69 Å². The first-order valence-electron chi connectivity index (χ1n) is 7.37. The van der Waals surface area contributed by atoms with Gasteiger partial charge in [0.2, 0.25) is 0 Å². The number of hydrogen-bond acceptors (Lipinski definition) is 4. The highest BCUT2D eigenvalue weighted by Gasteiger charge is 2.45. The molecule has 0 N–H and O–H groups in total. The van der Waals surface area contributed by atoms with Gasteiger partial charge < -0.3 is 0 Å². The third-order valence-electron chi connectivity index (χ3n) is 3.72. The van der Waals surface area contributed by atoms with Crippen LogP contribution in [0.1, 0.15) is 15.9 Å². The minimum atomic E-state index is -0.972. The summed E-state index contributed by atoms with van der Waals surface area (Å²) in [6.45, 7) is -0.445. The van der Waals surface area contributed by atoms with Crippen molar-refractivity contribution >= 4 is 23.6 Å². The van der Waals surface area contributed by atoms with Crippen LogP contribution in [-0.4, -0.2) is 40.0 Å². The topological polar surface area (TPSA) is 74.8 Å². The van der Waals surface area contributed by atoms with Gasteiger partial charge in [-0.1, -0.05) is 60.7 Å². The van der Waals surface area contributed by atoms with E-state index in [4.69, 9.17) is 0 Å². The lowest BCUT2D eigenvalue weighted by molar-refractivity contribution is -0.143. The molecule has 0 aromatic heterocycles. The van der Waals surface area contributed by atoms with Gasteiger partial charge in [0.05, 0.1) is 13.1 Å². The molecule has 4 amide bonds. The molecule has 24 heavy (non-hydrogen) atoms. The van der Waals surface area contributed by atoms with Crippen LogP contribution in [0.2, 0.25) is 0 Å². The first-order valence-corrected chi connectivity index (χ1v) is 7.37. The zero-order valence-corrected chi connectivity index (χ0v) is 12.7. The third-order valence-corrected chi connectivity index (χ3v) is 3.72. The van der Waals surface area contributed by atoms with Gasteiger partial charge in [-0.15, -0.1) is 0 Å². The normalized spacial score (nSPS) is 14.4. The number of imide groups is 2. The number of ketones is 1. The van der Waals surface area contributed by atoms with Crippen molar-refractivity contribution in [2.24, 2.45) is 0 Å². The van der Waals surface area contributed by atoms with E-state index < -0.39 is 30.2 Å². The Kier molecular flexibility index (Phi) is 4.20. The van der Waals surface area contributed by atoms with Crippen molar-refractivity contribution in [2.75, 3.05) is 6.54 Å². The van der Waals surface area contributed by atoms with Gasteiger partial charge in [0, 0.05) is 5.56 Å². The van der Waals surface area contributed by atoms with Crippen LogP contribution in [0.5, 0.6) is 0 Å². The molecule has 2 aromatic carbocycles. The minimum Gasteiger partial charge on any atom is -0.292 e. The summed E-state index contributed by atoms with van der Waals surface area (Å²) in [5.74, 6) is -2.28. The van der Waals surface area contributed by atoms with Gasteiger partial charge in [0.15, 0.2) is 5.78 Å². The van der Waals surface area contributed by atoms with Gasteiger partial charge in [-0.2, -0.15) is 0 Å². The Morgan fingerprint density at radius 1 is 0.750 bits per heavy atom. The number of nitrogens with zero attached hydrogens (tertiary/aromatic N) is 2. The summed E-state index contributed by atoms with van der Waals surface area (Å²) in [7, 11) is 0. The number of carbonyl (C=O) groups is 4. The molecule has 0 radical (unpaired) electrons. The Hall–Kier alpha value is -3.28. The van der Waals surface area contributed by atoms with Gasteiger partial charge in [-0.3, -0.25) is 19.3 Å². The van der Waals surface area contributed by atoms with Crippen molar-refractivity contribution in [3.8, 4) is 0 Å². The van der Waals surface area contributed by atoms with Gasteiger partial charge in [0.1, 0.15) is 0 Å². The molecule has 0 bridgehead atoms. The molecule has 0 unspecified atom stereocenters. The van der Waals surface area contributed by atoms with Crippen molar-refractivity contribution in [1.82, 2.24) is 9.80 Å². The number of Topliss-reactive ketones (excluding diaryl/α,β-unsaturated/α-hetero) is 1. The Morgan fingerprint density at radius 2 is 1.29 bits per heavy atom. The molecule has 1 aliphatic rings. The molecule has 2 aromatic rings. The van der Waals surface area contributed by atoms with Crippen molar-refractivity contribution in [2.45, 2.75) is 6.54 Å². The lowest BCUT2D eigenvalue weighted by atomic mass is 10.1. The standard InChI is InChI=1S/C18H14N2O4/c21-15(14-9-5-2-6-10-14)12-20-17(23)16(22)19(18(20)24)11-13-7-3-1-4-8-13/h1-10H,11-12H2. The molecule has 1 heterocycles. The lowest BCUT2D eigenvalue weighted by Crippen LogP contribution is -2.36. The number of urea groups is 1. The first-order chi connectivity index (χ1) is 11.6. The molecule has 1 saturated heterocycles. The molecular formula is C18H14N2O4. The van der Waals surface area contributed by atoms with E-state index in [0.29, 0.717) is 10.5 Å². The molecule has 0 aliphatic carbocycles. The monoisotopic (exact) mass is 322 g/mol. The van der Waals surface area contributed by atoms with E-state index in [-0.39, 0.29) is 6.54 Å². The fraction of sp³-hybridized carbons (Fsp3) is 0.111. The summed E-state index contributed by atoms with van der Waals surface area (Å²) in [4.78, 5) is 50.2. The molecule has 1 aliphatic heterocycles. The molecule has 6 nitrogen and oxygen atoms in total. The fourth-order valence-electron chi connectivity index (χ4n) is 2.45. The summed E-state index contributed by atoms with van der Waals surface area (Å²) in [5, 5.41) is 0. The molecular weight excluding hydrogens is 308 g/mol. The molecule has 3 rings (SSSR count). The van der Waals surface area contributed by atoms with Crippen LogP contribution in [0, 0.1) is 0 Å². The predicted molar refractivity (Wildman–Crippen MR) is 84.9 cm³/mol. The number of carbonyl (C=O) groups excluding carboxylic acids is 4. The van der Waals surface area contributed by atoms with E-state index in [0.717, 1.165) is 10.5 Å². The van der Waals surface area contributed by atoms with Crippen molar-refractivity contribution in [1.29, 1.82) is 0 Å². The summed E-state index contributed by atoms with van der Waals surface area (Å²) < 4.78 is 0. The SMILES string of the molecule is O=C(CN1C(=O)C(=O)N(Cc2ccccc2)C1=O)c1ccccc1. The van der Waals surface area contributed by atoms with Crippen molar-refractivity contribution in [3.63, 3.8) is 0 Å². The summed E-state index contributed by atoms with van der Waals surface area (Å²) in [5.41, 5.74) is 1.11. The van der Waals surface area contributed by atoms with E-state index >= 15 is 0 Å². The zero-order chi connectivity index (χ0) is 17.1. The largest absolute Gasteiger partial charge is 0.334 e. The fourth-order valence-corrected chi connectivity index (χ4v) is 2.45. The highest BCUT2D eigenvalue weighted by Crippen LogP contribution is 2.16. The van der Waals surface area contributed by atoms with Crippen LogP contribution in [-0.2, 0) is 16.1 Å². The lowest BCUT2D eigenvalue weighted by Gasteiger charge is -2.15. The maximum atomic E-state index is 12.4. The van der Waals surface area contributed by atoms with E-state index in [1.807, 2.05) is 6.07 Å². The summed E-state index contributed by atoms with van der Waals surface area (Å²) in [6.07, 6.45) is 0. The average Bonchev–Trinajstić information content (AvgIpc) is 2.81. The Labute approximate surface area is 138 Å². The molecule has 0 spiro atoms. The van der Waals surface area contributed by atoms with E-state index in [1.54, 1.807) is 54.6 Å². The quantitative estimate of drug-likeness (QED) is 0.478. The molecule has 120 valence electrons. The molecule has 0 saturated carbocycles. The van der Waals surface area contributed by atoms with Crippen LogP contribution in [0.25, 0.3) is 0 Å². The third kappa shape index (κ3) is 2.94. The van der Waals surface area contributed by atoms with Crippen molar-refractivity contribution in [3.05, 3.63) is 71.8 Å². The van der Waals surface area contributed by atoms with Gasteiger partial charge in [-0.05, 0) is 5.56 Å². The first kappa shape index (κ1) is 15.6. The van der Waals surface area contributed by atoms with Crippen LogP contribution in [0.3, 0.4) is 0 Å². The zero-order valence-electron chi connectivity index (χ0n) is 12.7. The number of benzene rings is 2. The van der Waals surface area contributed by atoms with E-state index in [2.05, 4.69) is 0 Å². The molecule has 6 heteroatoms. The average molecular weight is 322 g/mol. The number of rotatable bonds is 5. The van der Waals surface area contributed by atoms with Gasteiger partial charge >= 0.3 is 17.8 Å². The maximum Gasteiger partial charge on any atom is 0.334 e. The Morgan fingerprint density at radius 3 is 1.92 bits per heavy atom. The van der Waals surface area contributed by atoms with Crippen LogP contribution in [0.15, 0.2) is 60.7 Å². The van der Waals surface area contributed by atoms with E-state index in [9.17, 15) is 19.2 Å². The minimum absolute atomic E-state index is 0.000272. The van der Waals surface area contributed by atoms with Crippen LogP contribution >= 0.6 is 0 Å². The maximum absolute atomic E-state index is 12.4. The molecule has 0 atom stereocenters. The second-order valence-electron chi connectivity index (χ2n) is 5.34. The van der Waals surface area contributed by atoms with E-state index in [1.165, 1.54) is 0 Å². The number of amides is 4. The smallest absolute Gasteiger partial charge is 0.292 e.